The molecular formula is C6H14N2. The zero-order valence-electron chi connectivity index (χ0n) is 6.05. The molecule has 0 bridgehead atoms. The molecule has 0 aliphatic rings. The van der Waals surface area contributed by atoms with Gasteiger partial charge in [0.1, 0.15) is 0 Å². The van der Waals surface area contributed by atoms with Gasteiger partial charge in [-0.3, -0.25) is 0 Å². The summed E-state index contributed by atoms with van der Waals surface area (Å²) in [7, 11) is 0. The first-order valence-corrected chi connectivity index (χ1v) is 3.03. The van der Waals surface area contributed by atoms with Crippen LogP contribution in [0.25, 0.3) is 0 Å². The minimum atomic E-state index is 0.231. The van der Waals surface area contributed by atoms with Crippen molar-refractivity contribution in [1.29, 1.82) is 0 Å². The van der Waals surface area contributed by atoms with Crippen molar-refractivity contribution in [2.24, 2.45) is 0 Å². The van der Waals surface area contributed by atoms with Gasteiger partial charge in [-0.15, -0.1) is 0 Å². The largest absolute Gasteiger partial charge is 0.203 e. The van der Waals surface area contributed by atoms with Gasteiger partial charge in [0.05, 0.1) is 0 Å². The van der Waals surface area contributed by atoms with E-state index in [0.29, 0.717) is 0 Å². The van der Waals surface area contributed by atoms with Crippen molar-refractivity contribution in [2.75, 3.05) is 0 Å². The Morgan fingerprint density at radius 1 is 1.00 bits per heavy atom. The Hall–Kier alpha value is -0.0800. The molecule has 0 amide bonds. The summed E-state index contributed by atoms with van der Waals surface area (Å²) in [5.41, 5.74) is 0. The Labute approximate surface area is 51.6 Å². The second-order valence-corrected chi connectivity index (χ2v) is 2.57. The van der Waals surface area contributed by atoms with E-state index in [0.717, 1.165) is 0 Å². The molecule has 0 unspecified atom stereocenters. The Balaban J connectivity index is 3.46. The van der Waals surface area contributed by atoms with Crippen molar-refractivity contribution in [3.8, 4) is 0 Å². The third-order valence-corrected chi connectivity index (χ3v) is 1.06. The Morgan fingerprint density at radius 3 is 1.25 bits per heavy atom. The number of nitrogens with zero attached hydrogens (tertiary/aromatic N) is 2. The molecule has 0 aliphatic heterocycles. The fourth-order valence-electron chi connectivity index (χ4n) is 0.596. The van der Waals surface area contributed by atoms with Crippen LogP contribution in [-0.2, 0) is 0 Å². The average molecular weight is 114 g/mol. The smallest absolute Gasteiger partial charge is 0.0221 e. The van der Waals surface area contributed by atoms with E-state index < -0.39 is 0 Å². The van der Waals surface area contributed by atoms with Crippen LogP contribution < -0.4 is 5.84 Å². The van der Waals surface area contributed by atoms with E-state index in [4.69, 9.17) is 5.84 Å². The predicted octanol–water partition coefficient (Wildman–Crippen LogP) is 1.09. The maximum atomic E-state index is 9.04. The third kappa shape index (κ3) is 2.28. The van der Waals surface area contributed by atoms with Crippen LogP contribution in [0.4, 0.5) is 0 Å². The number of hydrogen-bond donors (Lipinski definition) is 0. The molecule has 0 heterocycles. The van der Waals surface area contributed by atoms with Gasteiger partial charge in [0.2, 0.25) is 0 Å². The highest BCUT2D eigenvalue weighted by atomic mass is 15.4. The normalized spacial score (nSPS) is 12.0. The topological polar surface area (TPSA) is 25.5 Å². The summed E-state index contributed by atoms with van der Waals surface area (Å²) in [4.78, 5) is 0. The minimum Gasteiger partial charge on any atom is -0.203 e. The molecule has 0 atom stereocenters. The van der Waals surface area contributed by atoms with E-state index in [1.54, 1.807) is 0 Å². The van der Waals surface area contributed by atoms with Gasteiger partial charge < -0.3 is 0 Å². The summed E-state index contributed by atoms with van der Waals surface area (Å²) in [6, 6.07) is 0.463. The second-order valence-electron chi connectivity index (χ2n) is 2.57. The summed E-state index contributed by atoms with van der Waals surface area (Å²) in [6.07, 6.45) is 0. The molecule has 0 saturated heterocycles. The highest BCUT2D eigenvalue weighted by molar-refractivity contribution is 4.57. The standard InChI is InChI=1S/C6H14N2/c1-5(2)8(7)6(3)4/h5-6H,1-4H3. The van der Waals surface area contributed by atoms with Crippen LogP contribution in [0.1, 0.15) is 27.7 Å². The molecule has 0 aromatic rings. The molecule has 2 radical (unpaired) electrons. The predicted molar refractivity (Wildman–Crippen MR) is 34.2 cm³/mol. The lowest BCUT2D eigenvalue weighted by molar-refractivity contribution is 0.165. The lowest BCUT2D eigenvalue weighted by atomic mass is 10.3. The molecule has 0 aliphatic carbocycles. The molecule has 0 spiro atoms. The van der Waals surface area contributed by atoms with Gasteiger partial charge in [-0.25, -0.2) is 5.01 Å². The summed E-state index contributed by atoms with van der Waals surface area (Å²) < 4.78 is 0. The van der Waals surface area contributed by atoms with E-state index in [1.807, 2.05) is 27.7 Å². The SMILES string of the molecule is CC(C)N([N])C(C)C. The van der Waals surface area contributed by atoms with Gasteiger partial charge in [-0.2, -0.15) is 0 Å². The summed E-state index contributed by atoms with van der Waals surface area (Å²) in [6.45, 7) is 7.83. The second kappa shape index (κ2) is 3.05. The van der Waals surface area contributed by atoms with Crippen LogP contribution in [0.15, 0.2) is 0 Å². The van der Waals surface area contributed by atoms with E-state index in [9.17, 15) is 0 Å². The number of hydrogen-bond acceptors (Lipinski definition) is 1. The molecule has 0 fully saturated rings. The van der Waals surface area contributed by atoms with Gasteiger partial charge >= 0.3 is 0 Å². The molecular weight excluding hydrogens is 100 g/mol. The lowest BCUT2D eigenvalue weighted by Crippen LogP contribution is -2.35. The molecule has 8 heavy (non-hydrogen) atoms. The molecule has 48 valence electrons. The van der Waals surface area contributed by atoms with Crippen LogP contribution in [0.3, 0.4) is 0 Å². The van der Waals surface area contributed by atoms with Crippen molar-refractivity contribution in [3.05, 3.63) is 0 Å². The molecule has 0 rings (SSSR count). The fourth-order valence-corrected chi connectivity index (χ4v) is 0.596. The molecule has 2 heteroatoms. The molecule has 0 aromatic carbocycles. The maximum absolute atomic E-state index is 9.04. The summed E-state index contributed by atoms with van der Waals surface area (Å²) in [5.74, 6) is 9.04. The van der Waals surface area contributed by atoms with Crippen molar-refractivity contribution in [1.82, 2.24) is 10.9 Å². The summed E-state index contributed by atoms with van der Waals surface area (Å²) in [5, 5.41) is 1.33. The van der Waals surface area contributed by atoms with E-state index in [1.165, 1.54) is 5.01 Å². The van der Waals surface area contributed by atoms with E-state index in [-0.39, 0.29) is 12.1 Å². The van der Waals surface area contributed by atoms with Crippen molar-refractivity contribution in [2.45, 2.75) is 39.8 Å². The first-order chi connectivity index (χ1) is 3.55. The zero-order chi connectivity index (χ0) is 6.73. The monoisotopic (exact) mass is 114 g/mol. The van der Waals surface area contributed by atoms with Crippen LogP contribution in [0.2, 0.25) is 0 Å². The van der Waals surface area contributed by atoms with E-state index >= 15 is 0 Å². The Kier molecular flexibility index (Phi) is 3.02. The summed E-state index contributed by atoms with van der Waals surface area (Å²) >= 11 is 0. The molecule has 0 aromatic heterocycles. The van der Waals surface area contributed by atoms with Gasteiger partial charge in [-0.05, 0) is 33.5 Å². The van der Waals surface area contributed by atoms with Crippen molar-refractivity contribution >= 4 is 0 Å². The van der Waals surface area contributed by atoms with Gasteiger partial charge in [0.25, 0.3) is 0 Å². The van der Waals surface area contributed by atoms with Gasteiger partial charge in [0.15, 0.2) is 0 Å². The first-order valence-electron chi connectivity index (χ1n) is 3.03. The van der Waals surface area contributed by atoms with Gasteiger partial charge in [-0.1, -0.05) is 0 Å². The Bertz CT molecular complexity index is 51.5. The highest BCUT2D eigenvalue weighted by Crippen LogP contribution is 1.97. The van der Waals surface area contributed by atoms with Crippen LogP contribution >= 0.6 is 0 Å². The average Bonchev–Trinajstić information content (AvgIpc) is 1.64. The van der Waals surface area contributed by atoms with Crippen LogP contribution in [0, 0.1) is 0 Å². The fraction of sp³-hybridized carbons (Fsp3) is 1.00. The quantitative estimate of drug-likeness (QED) is 0.493. The molecule has 0 saturated carbocycles. The van der Waals surface area contributed by atoms with Crippen molar-refractivity contribution < 1.29 is 0 Å². The van der Waals surface area contributed by atoms with Gasteiger partial charge in [0, 0.05) is 12.1 Å². The third-order valence-electron chi connectivity index (χ3n) is 1.06. The van der Waals surface area contributed by atoms with E-state index in [2.05, 4.69) is 0 Å². The zero-order valence-corrected chi connectivity index (χ0v) is 6.05. The van der Waals surface area contributed by atoms with Crippen LogP contribution in [-0.4, -0.2) is 17.1 Å². The van der Waals surface area contributed by atoms with Crippen LogP contribution in [0.5, 0.6) is 0 Å². The number of rotatable bonds is 2. The highest BCUT2D eigenvalue weighted by Gasteiger charge is 2.08. The Morgan fingerprint density at radius 2 is 1.25 bits per heavy atom. The molecule has 0 N–H and O–H groups in total. The maximum Gasteiger partial charge on any atom is 0.0221 e. The lowest BCUT2D eigenvalue weighted by Gasteiger charge is -2.20. The minimum absolute atomic E-state index is 0.231. The van der Waals surface area contributed by atoms with Crippen molar-refractivity contribution in [3.63, 3.8) is 0 Å². The molecule has 2 nitrogen and oxygen atoms in total. The first kappa shape index (κ1) is 7.92.